The highest BCUT2D eigenvalue weighted by molar-refractivity contribution is 7.91. The summed E-state index contributed by atoms with van der Waals surface area (Å²) in [6.07, 6.45) is 7.63. The molecule has 3 rings (SSSR count). The monoisotopic (exact) mass is 348 g/mol. The van der Waals surface area contributed by atoms with E-state index in [1.165, 1.54) is 10.8 Å². The first-order valence-electron chi connectivity index (χ1n) is 7.86. The third-order valence-electron chi connectivity index (χ3n) is 4.34. The molecule has 1 aliphatic rings. The molecule has 1 aliphatic heterocycles. The van der Waals surface area contributed by atoms with Crippen LogP contribution in [0.2, 0.25) is 0 Å². The van der Waals surface area contributed by atoms with Crippen LogP contribution in [-0.2, 0) is 28.1 Å². The minimum Gasteiger partial charge on any atom is -0.342 e. The molecule has 24 heavy (non-hydrogen) atoms. The van der Waals surface area contributed by atoms with E-state index in [0.717, 1.165) is 5.56 Å². The van der Waals surface area contributed by atoms with E-state index in [0.29, 0.717) is 32.4 Å². The molecule has 3 heterocycles. The van der Waals surface area contributed by atoms with Gasteiger partial charge in [0.1, 0.15) is 0 Å². The van der Waals surface area contributed by atoms with Crippen molar-refractivity contribution in [3.05, 3.63) is 42.5 Å². The number of carbonyl (C=O) groups is 1. The molecule has 8 heteroatoms. The molecule has 1 saturated heterocycles. The maximum absolute atomic E-state index is 12.6. The van der Waals surface area contributed by atoms with E-state index in [-0.39, 0.29) is 11.1 Å². The van der Waals surface area contributed by atoms with Crippen molar-refractivity contribution < 1.29 is 13.2 Å². The fourth-order valence-corrected chi connectivity index (χ4v) is 4.78. The lowest BCUT2D eigenvalue weighted by Crippen LogP contribution is -2.43. The maximum Gasteiger partial charge on any atom is 0.227 e. The zero-order valence-corrected chi connectivity index (χ0v) is 14.3. The first-order valence-corrected chi connectivity index (χ1v) is 9.41. The van der Waals surface area contributed by atoms with Gasteiger partial charge in [0.15, 0.2) is 0 Å². The molecular weight excluding hydrogens is 328 g/mol. The molecule has 0 aliphatic carbocycles. The van der Waals surface area contributed by atoms with Crippen LogP contribution < -0.4 is 0 Å². The number of rotatable bonds is 4. The van der Waals surface area contributed by atoms with E-state index in [2.05, 4.69) is 9.97 Å². The Balaban J connectivity index is 1.62. The van der Waals surface area contributed by atoms with E-state index < -0.39 is 15.1 Å². The van der Waals surface area contributed by atoms with Gasteiger partial charge in [0.05, 0.1) is 11.7 Å². The van der Waals surface area contributed by atoms with Gasteiger partial charge in [-0.2, -0.15) is 0 Å². The molecule has 0 aromatic carbocycles. The molecule has 0 unspecified atom stereocenters. The third-order valence-corrected chi connectivity index (χ3v) is 6.59. The van der Waals surface area contributed by atoms with Crippen molar-refractivity contribution in [3.63, 3.8) is 0 Å². The van der Waals surface area contributed by atoms with Crippen LogP contribution >= 0.6 is 0 Å². The molecule has 0 bridgehead atoms. The van der Waals surface area contributed by atoms with Crippen molar-refractivity contribution in [2.24, 2.45) is 7.05 Å². The first kappa shape index (κ1) is 16.6. The van der Waals surface area contributed by atoms with Crippen LogP contribution in [0.3, 0.4) is 0 Å². The average Bonchev–Trinajstić information content (AvgIpc) is 3.03. The van der Waals surface area contributed by atoms with Crippen LogP contribution in [-0.4, -0.2) is 52.1 Å². The summed E-state index contributed by atoms with van der Waals surface area (Å²) in [6, 6.07) is 3.66. The Labute approximate surface area is 141 Å². The average molecular weight is 348 g/mol. The summed E-state index contributed by atoms with van der Waals surface area (Å²) < 4.78 is 26.8. The molecule has 0 spiro atoms. The Morgan fingerprint density at radius 2 is 2.04 bits per heavy atom. The molecule has 0 atom stereocenters. The summed E-state index contributed by atoms with van der Waals surface area (Å²) in [7, 11) is -1.78. The minimum absolute atomic E-state index is 0.0100. The number of likely N-dealkylation sites (tertiary alicyclic amines) is 1. The molecular formula is C16H20N4O3S. The number of amides is 1. The Kier molecular flexibility index (Phi) is 4.66. The van der Waals surface area contributed by atoms with Crippen LogP contribution in [0.15, 0.2) is 42.1 Å². The number of imidazole rings is 1. The van der Waals surface area contributed by atoms with Crippen molar-refractivity contribution in [2.75, 3.05) is 13.1 Å². The van der Waals surface area contributed by atoms with Gasteiger partial charge in [-0.15, -0.1) is 0 Å². The zero-order valence-electron chi connectivity index (χ0n) is 13.5. The topological polar surface area (TPSA) is 85.2 Å². The van der Waals surface area contributed by atoms with Gasteiger partial charge in [0.2, 0.25) is 20.9 Å². The van der Waals surface area contributed by atoms with Crippen LogP contribution in [0.4, 0.5) is 0 Å². The van der Waals surface area contributed by atoms with E-state index >= 15 is 0 Å². The number of pyridine rings is 1. The number of hydrogen-bond acceptors (Lipinski definition) is 5. The summed E-state index contributed by atoms with van der Waals surface area (Å²) in [4.78, 5) is 22.0. The molecule has 1 fully saturated rings. The molecule has 7 nitrogen and oxygen atoms in total. The zero-order chi connectivity index (χ0) is 17.2. The number of aryl methyl sites for hydroxylation is 1. The number of hydrogen-bond donors (Lipinski definition) is 0. The molecule has 0 radical (unpaired) electrons. The standard InChI is InChI=1S/C16H20N4O3S/c1-19-10-7-18-16(19)24(22,23)14-4-8-20(9-5-14)15(21)11-13-3-2-6-17-12-13/h2-3,6-7,10,12,14H,4-5,8-9,11H2,1H3. The van der Waals surface area contributed by atoms with Crippen molar-refractivity contribution in [2.45, 2.75) is 29.7 Å². The lowest BCUT2D eigenvalue weighted by molar-refractivity contribution is -0.131. The summed E-state index contributed by atoms with van der Waals surface area (Å²) in [6.45, 7) is 0.904. The van der Waals surface area contributed by atoms with Gasteiger partial charge < -0.3 is 9.47 Å². The van der Waals surface area contributed by atoms with Gasteiger partial charge in [0.25, 0.3) is 0 Å². The van der Waals surface area contributed by atoms with E-state index in [4.69, 9.17) is 0 Å². The number of aromatic nitrogens is 3. The van der Waals surface area contributed by atoms with E-state index in [9.17, 15) is 13.2 Å². The Hall–Kier alpha value is -2.22. The number of sulfone groups is 1. The SMILES string of the molecule is Cn1ccnc1S(=O)(=O)C1CCN(C(=O)Cc2cccnc2)CC1. The van der Waals surface area contributed by atoms with E-state index in [1.54, 1.807) is 36.6 Å². The number of carbonyl (C=O) groups excluding carboxylic acids is 1. The quantitative estimate of drug-likeness (QED) is 0.817. The molecule has 128 valence electrons. The molecule has 0 N–H and O–H groups in total. The van der Waals surface area contributed by atoms with Crippen molar-refractivity contribution in [1.29, 1.82) is 0 Å². The van der Waals surface area contributed by atoms with Gasteiger partial charge in [-0.05, 0) is 24.5 Å². The number of piperidine rings is 1. The van der Waals surface area contributed by atoms with Gasteiger partial charge in [-0.25, -0.2) is 13.4 Å². The maximum atomic E-state index is 12.6. The van der Waals surface area contributed by atoms with Crippen LogP contribution in [0, 0.1) is 0 Å². The fourth-order valence-electron chi connectivity index (χ4n) is 2.98. The fraction of sp³-hybridized carbons (Fsp3) is 0.438. The van der Waals surface area contributed by atoms with Crippen molar-refractivity contribution in [1.82, 2.24) is 19.4 Å². The second-order valence-corrected chi connectivity index (χ2v) is 8.11. The molecule has 0 saturated carbocycles. The smallest absolute Gasteiger partial charge is 0.227 e. The Bertz CT molecular complexity index is 809. The van der Waals surface area contributed by atoms with Crippen LogP contribution in [0.25, 0.3) is 0 Å². The summed E-state index contributed by atoms with van der Waals surface area (Å²) >= 11 is 0. The predicted molar refractivity (Wildman–Crippen MR) is 87.9 cm³/mol. The van der Waals surface area contributed by atoms with Gasteiger partial charge in [-0.3, -0.25) is 9.78 Å². The molecule has 2 aromatic heterocycles. The minimum atomic E-state index is -3.45. The van der Waals surface area contributed by atoms with Gasteiger partial charge in [0, 0.05) is 44.9 Å². The van der Waals surface area contributed by atoms with Crippen LogP contribution in [0.1, 0.15) is 18.4 Å². The van der Waals surface area contributed by atoms with Crippen molar-refractivity contribution >= 4 is 15.7 Å². The largest absolute Gasteiger partial charge is 0.342 e. The second-order valence-electron chi connectivity index (χ2n) is 5.98. The summed E-state index contributed by atoms with van der Waals surface area (Å²) in [5.41, 5.74) is 0.866. The van der Waals surface area contributed by atoms with Gasteiger partial charge >= 0.3 is 0 Å². The summed E-state index contributed by atoms with van der Waals surface area (Å²) in [5.74, 6) is 0.0100. The van der Waals surface area contributed by atoms with E-state index in [1.807, 2.05) is 6.07 Å². The third kappa shape index (κ3) is 3.33. The highest BCUT2D eigenvalue weighted by atomic mass is 32.2. The number of nitrogens with zero attached hydrogens (tertiary/aromatic N) is 4. The molecule has 1 amide bonds. The lowest BCUT2D eigenvalue weighted by Gasteiger charge is -2.31. The summed E-state index contributed by atoms with van der Waals surface area (Å²) in [5, 5.41) is -0.385. The predicted octanol–water partition coefficient (Wildman–Crippen LogP) is 0.822. The normalized spacial score (nSPS) is 16.3. The Morgan fingerprint density at radius 1 is 1.29 bits per heavy atom. The van der Waals surface area contributed by atoms with Gasteiger partial charge in [-0.1, -0.05) is 6.07 Å². The lowest BCUT2D eigenvalue weighted by atomic mass is 10.1. The first-order chi connectivity index (χ1) is 11.5. The van der Waals surface area contributed by atoms with Crippen molar-refractivity contribution in [3.8, 4) is 0 Å². The Morgan fingerprint density at radius 3 is 2.62 bits per heavy atom. The second kappa shape index (κ2) is 6.72. The van der Waals surface area contributed by atoms with Crippen LogP contribution in [0.5, 0.6) is 0 Å². The highest BCUT2D eigenvalue weighted by Gasteiger charge is 2.34. The molecule has 2 aromatic rings. The highest BCUT2D eigenvalue weighted by Crippen LogP contribution is 2.23.